The van der Waals surface area contributed by atoms with Gasteiger partial charge in [-0.15, -0.1) is 0 Å². The highest BCUT2D eigenvalue weighted by atomic mass is 16.5. The second-order valence-electron chi connectivity index (χ2n) is 3.83. The van der Waals surface area contributed by atoms with Crippen molar-refractivity contribution in [3.8, 4) is 5.75 Å². The van der Waals surface area contributed by atoms with Crippen LogP contribution < -0.4 is 10.5 Å². The Bertz CT molecular complexity index is 403. The molecule has 3 N–H and O–H groups in total. The number of carbonyl (C=O) groups is 1. The molecular formula is C12H17NO3. The Hall–Kier alpha value is -1.55. The molecule has 0 heterocycles. The van der Waals surface area contributed by atoms with Crippen LogP contribution in [0.1, 0.15) is 24.5 Å². The zero-order chi connectivity index (χ0) is 12.3. The fourth-order valence-electron chi connectivity index (χ4n) is 1.63. The average Bonchev–Trinajstić information content (AvgIpc) is 2.27. The van der Waals surface area contributed by atoms with Crippen molar-refractivity contribution in [2.75, 3.05) is 7.11 Å². The molecule has 0 spiro atoms. The standard InChI is InChI=1S/C12H17NO3/c1-4-12(13,11(14)15)9-7-8(2)5-6-10(9)16-3/h5-7H,4,13H2,1-3H3,(H,14,15). The second kappa shape index (κ2) is 4.53. The zero-order valence-corrected chi connectivity index (χ0v) is 9.78. The summed E-state index contributed by atoms with van der Waals surface area (Å²) >= 11 is 0. The fourth-order valence-corrected chi connectivity index (χ4v) is 1.63. The number of aryl methyl sites for hydroxylation is 1. The maximum atomic E-state index is 11.3. The molecule has 0 aliphatic rings. The summed E-state index contributed by atoms with van der Waals surface area (Å²) in [6.45, 7) is 3.64. The van der Waals surface area contributed by atoms with Gasteiger partial charge in [0.25, 0.3) is 0 Å². The van der Waals surface area contributed by atoms with Crippen molar-refractivity contribution in [2.45, 2.75) is 25.8 Å². The first-order valence-electron chi connectivity index (χ1n) is 5.13. The molecule has 88 valence electrons. The second-order valence-corrected chi connectivity index (χ2v) is 3.83. The van der Waals surface area contributed by atoms with E-state index in [0.29, 0.717) is 17.7 Å². The van der Waals surface area contributed by atoms with Gasteiger partial charge in [0.1, 0.15) is 11.3 Å². The van der Waals surface area contributed by atoms with Gasteiger partial charge in [-0.1, -0.05) is 18.6 Å². The number of rotatable bonds is 4. The number of benzene rings is 1. The van der Waals surface area contributed by atoms with E-state index >= 15 is 0 Å². The maximum Gasteiger partial charge on any atom is 0.328 e. The first kappa shape index (κ1) is 12.5. The summed E-state index contributed by atoms with van der Waals surface area (Å²) in [5, 5.41) is 9.22. The summed E-state index contributed by atoms with van der Waals surface area (Å²) in [7, 11) is 1.51. The Kier molecular flexibility index (Phi) is 3.55. The molecule has 0 bridgehead atoms. The molecule has 0 aromatic heterocycles. The Balaban J connectivity index is 3.39. The highest BCUT2D eigenvalue weighted by Crippen LogP contribution is 2.31. The van der Waals surface area contributed by atoms with Gasteiger partial charge in [-0.3, -0.25) is 0 Å². The van der Waals surface area contributed by atoms with E-state index in [1.165, 1.54) is 7.11 Å². The van der Waals surface area contributed by atoms with E-state index < -0.39 is 11.5 Å². The summed E-state index contributed by atoms with van der Waals surface area (Å²) in [5.41, 5.74) is 6.01. The number of carboxylic acids is 1. The van der Waals surface area contributed by atoms with E-state index in [9.17, 15) is 9.90 Å². The van der Waals surface area contributed by atoms with Gasteiger partial charge >= 0.3 is 5.97 Å². The first-order chi connectivity index (χ1) is 7.45. The van der Waals surface area contributed by atoms with Crippen LogP contribution in [0, 0.1) is 6.92 Å². The number of aliphatic carboxylic acids is 1. The third kappa shape index (κ3) is 2.02. The largest absolute Gasteiger partial charge is 0.496 e. The van der Waals surface area contributed by atoms with Crippen LogP contribution in [0.15, 0.2) is 18.2 Å². The number of hydrogen-bond acceptors (Lipinski definition) is 3. The molecule has 0 fully saturated rings. The average molecular weight is 223 g/mol. The maximum absolute atomic E-state index is 11.3. The van der Waals surface area contributed by atoms with Crippen LogP contribution in [0.3, 0.4) is 0 Å². The van der Waals surface area contributed by atoms with Gasteiger partial charge in [0, 0.05) is 5.56 Å². The number of nitrogens with two attached hydrogens (primary N) is 1. The van der Waals surface area contributed by atoms with Gasteiger partial charge in [0.15, 0.2) is 0 Å². The van der Waals surface area contributed by atoms with Gasteiger partial charge in [0.2, 0.25) is 0 Å². The number of hydrogen-bond donors (Lipinski definition) is 2. The summed E-state index contributed by atoms with van der Waals surface area (Å²) in [5.74, 6) is -0.531. The molecule has 16 heavy (non-hydrogen) atoms. The number of methoxy groups -OCH3 is 1. The van der Waals surface area contributed by atoms with E-state index in [1.54, 1.807) is 19.1 Å². The van der Waals surface area contributed by atoms with Crippen LogP contribution in [-0.4, -0.2) is 18.2 Å². The molecule has 4 nitrogen and oxygen atoms in total. The van der Waals surface area contributed by atoms with Crippen LogP contribution in [-0.2, 0) is 10.3 Å². The molecule has 4 heteroatoms. The Morgan fingerprint density at radius 2 is 2.19 bits per heavy atom. The van der Waals surface area contributed by atoms with Gasteiger partial charge in [0.05, 0.1) is 7.11 Å². The molecule has 1 atom stereocenters. The molecule has 0 radical (unpaired) electrons. The molecule has 1 rings (SSSR count). The van der Waals surface area contributed by atoms with Gasteiger partial charge < -0.3 is 15.6 Å². The van der Waals surface area contributed by atoms with Crippen LogP contribution in [0.4, 0.5) is 0 Å². The minimum absolute atomic E-state index is 0.308. The lowest BCUT2D eigenvalue weighted by Crippen LogP contribution is -2.44. The van der Waals surface area contributed by atoms with Crippen LogP contribution in [0.2, 0.25) is 0 Å². The van der Waals surface area contributed by atoms with Crippen LogP contribution in [0.25, 0.3) is 0 Å². The van der Waals surface area contributed by atoms with Crippen molar-refractivity contribution in [2.24, 2.45) is 5.73 Å². The molecule has 1 aromatic rings. The van der Waals surface area contributed by atoms with Crippen molar-refractivity contribution in [3.05, 3.63) is 29.3 Å². The van der Waals surface area contributed by atoms with E-state index in [1.807, 2.05) is 13.0 Å². The normalized spacial score (nSPS) is 14.2. The molecule has 1 unspecified atom stereocenters. The SMILES string of the molecule is CCC(N)(C(=O)O)c1cc(C)ccc1OC. The Morgan fingerprint density at radius 3 is 2.62 bits per heavy atom. The summed E-state index contributed by atoms with van der Waals surface area (Å²) in [4.78, 5) is 11.3. The summed E-state index contributed by atoms with van der Waals surface area (Å²) < 4.78 is 5.16. The molecule has 0 aliphatic carbocycles. The van der Waals surface area contributed by atoms with E-state index in [0.717, 1.165) is 5.56 Å². The van der Waals surface area contributed by atoms with Gasteiger partial charge in [-0.2, -0.15) is 0 Å². The highest BCUT2D eigenvalue weighted by Gasteiger charge is 2.36. The van der Waals surface area contributed by atoms with E-state index in [2.05, 4.69) is 0 Å². The van der Waals surface area contributed by atoms with Gasteiger partial charge in [-0.25, -0.2) is 4.79 Å². The first-order valence-corrected chi connectivity index (χ1v) is 5.13. The smallest absolute Gasteiger partial charge is 0.328 e. The lowest BCUT2D eigenvalue weighted by Gasteiger charge is -2.25. The fraction of sp³-hybridized carbons (Fsp3) is 0.417. The predicted molar refractivity (Wildman–Crippen MR) is 61.5 cm³/mol. The van der Waals surface area contributed by atoms with Crippen molar-refractivity contribution >= 4 is 5.97 Å². The summed E-state index contributed by atoms with van der Waals surface area (Å²) in [6.07, 6.45) is 0.308. The zero-order valence-electron chi connectivity index (χ0n) is 9.78. The molecule has 0 saturated carbocycles. The minimum Gasteiger partial charge on any atom is -0.496 e. The number of ether oxygens (including phenoxy) is 1. The van der Waals surface area contributed by atoms with Gasteiger partial charge in [-0.05, 0) is 25.5 Å². The minimum atomic E-state index is -1.39. The topological polar surface area (TPSA) is 72.6 Å². The summed E-state index contributed by atoms with van der Waals surface area (Å²) in [6, 6.07) is 5.36. The number of carboxylic acid groups (broad SMARTS) is 1. The third-order valence-corrected chi connectivity index (χ3v) is 2.77. The van der Waals surface area contributed by atoms with Crippen LogP contribution in [0.5, 0.6) is 5.75 Å². The van der Waals surface area contributed by atoms with Crippen molar-refractivity contribution < 1.29 is 14.6 Å². The molecule has 0 aliphatic heterocycles. The molecular weight excluding hydrogens is 206 g/mol. The molecule has 1 aromatic carbocycles. The monoisotopic (exact) mass is 223 g/mol. The third-order valence-electron chi connectivity index (χ3n) is 2.77. The lowest BCUT2D eigenvalue weighted by atomic mass is 9.87. The Morgan fingerprint density at radius 1 is 1.56 bits per heavy atom. The predicted octanol–water partition coefficient (Wildman–Crippen LogP) is 1.65. The molecule has 0 saturated heterocycles. The van der Waals surface area contributed by atoms with Crippen molar-refractivity contribution in [1.29, 1.82) is 0 Å². The van der Waals surface area contributed by atoms with Crippen LogP contribution >= 0.6 is 0 Å². The molecule has 0 amide bonds. The lowest BCUT2D eigenvalue weighted by molar-refractivity contribution is -0.143. The Labute approximate surface area is 95.0 Å². The highest BCUT2D eigenvalue weighted by molar-refractivity contribution is 5.81. The van der Waals surface area contributed by atoms with E-state index in [-0.39, 0.29) is 0 Å². The van der Waals surface area contributed by atoms with Crippen molar-refractivity contribution in [3.63, 3.8) is 0 Å². The van der Waals surface area contributed by atoms with E-state index in [4.69, 9.17) is 10.5 Å². The van der Waals surface area contributed by atoms with Crippen molar-refractivity contribution in [1.82, 2.24) is 0 Å². The quantitative estimate of drug-likeness (QED) is 0.814.